The van der Waals surface area contributed by atoms with E-state index in [1.54, 1.807) is 52.0 Å². The smallest absolute Gasteiger partial charge is 0.404 e. The van der Waals surface area contributed by atoms with Gasteiger partial charge in [-0.1, -0.05) is 46.2 Å². The third-order valence-electron chi connectivity index (χ3n) is 6.83. The molecule has 0 radical (unpaired) electrons. The molecule has 0 saturated carbocycles. The highest BCUT2D eigenvalue weighted by Crippen LogP contribution is 2.37. The monoisotopic (exact) mass is 695 g/mol. The van der Waals surface area contributed by atoms with Crippen molar-refractivity contribution in [1.82, 2.24) is 20.9 Å². The lowest BCUT2D eigenvalue weighted by atomic mass is 9.77. The molecule has 276 valence electrons. The number of primary amides is 2. The molecule has 1 aliphatic rings. The molecule has 1 aliphatic heterocycles. The van der Waals surface area contributed by atoms with Crippen molar-refractivity contribution in [1.29, 1.82) is 0 Å². The SMILES string of the molecule is CC1(F)CC(=O)N(C(C)(C)CC(C)(C)C(=O)NCC(=O)NCCCCNC(N)=O)C(=O)C1.CCC.NC(=O)OCc1ccc(NC=O)cc1. The quantitative estimate of drug-likeness (QED) is 0.0905. The summed E-state index contributed by atoms with van der Waals surface area (Å²) in [7, 11) is 0. The standard InChI is InChI=1S/C21H36FN5O5.C9H10N2O3.C3H8/c1-19(2,13-20(3,4)27-15(29)10-21(5,22)11-16(27)30)17(31)26-12-14(28)24-8-6-7-9-25-18(23)32;10-9(13)14-5-7-1-3-8(4-2-7)11-6-12;1-3-2/h6-13H2,1-5H3,(H,24,28)(H,26,31)(H3,23,25,32);1-4,6H,5H2,(H2,10,13)(H,11,12);3H2,1-2H3. The van der Waals surface area contributed by atoms with Gasteiger partial charge < -0.3 is 37.5 Å². The zero-order valence-electron chi connectivity index (χ0n) is 29.7. The number of anilines is 1. The molecule has 0 aromatic heterocycles. The number of hydrogen-bond donors (Lipinski definition) is 6. The summed E-state index contributed by atoms with van der Waals surface area (Å²) in [6, 6.07) is 6.27. The summed E-state index contributed by atoms with van der Waals surface area (Å²) in [4.78, 5) is 81.4. The van der Waals surface area contributed by atoms with Crippen LogP contribution in [0.25, 0.3) is 0 Å². The molecule has 49 heavy (non-hydrogen) atoms. The third kappa shape index (κ3) is 18.4. The number of carbonyl (C=O) groups excluding carboxylic acids is 7. The van der Waals surface area contributed by atoms with Crippen LogP contribution in [0.2, 0.25) is 0 Å². The van der Waals surface area contributed by atoms with Crippen LogP contribution in [-0.4, -0.2) is 77.9 Å². The first kappa shape index (κ1) is 44.2. The van der Waals surface area contributed by atoms with Crippen molar-refractivity contribution in [3.63, 3.8) is 0 Å². The number of hydrogen-bond acceptors (Lipinski definition) is 8. The van der Waals surface area contributed by atoms with E-state index in [0.29, 0.717) is 38.0 Å². The molecular formula is C33H54FN7O8. The number of piperidine rings is 1. The molecule has 1 fully saturated rings. The van der Waals surface area contributed by atoms with Crippen LogP contribution in [0, 0.1) is 5.41 Å². The number of nitrogens with one attached hydrogen (secondary N) is 4. The summed E-state index contributed by atoms with van der Waals surface area (Å²) in [5, 5.41) is 10.2. The Bertz CT molecular complexity index is 1250. The number of nitrogens with zero attached hydrogens (tertiary/aromatic N) is 1. The van der Waals surface area contributed by atoms with Crippen molar-refractivity contribution >= 4 is 47.9 Å². The molecule has 8 N–H and O–H groups in total. The predicted molar refractivity (Wildman–Crippen MR) is 182 cm³/mol. The van der Waals surface area contributed by atoms with Crippen molar-refractivity contribution in [2.24, 2.45) is 16.9 Å². The summed E-state index contributed by atoms with van der Waals surface area (Å²) in [5.41, 5.74) is 7.37. The van der Waals surface area contributed by atoms with Crippen molar-refractivity contribution in [3.8, 4) is 0 Å². The lowest BCUT2D eigenvalue weighted by Crippen LogP contribution is -2.59. The van der Waals surface area contributed by atoms with Crippen molar-refractivity contribution < 1.29 is 42.7 Å². The van der Waals surface area contributed by atoms with Crippen LogP contribution in [0.3, 0.4) is 0 Å². The third-order valence-corrected chi connectivity index (χ3v) is 6.83. The molecule has 0 aliphatic carbocycles. The van der Waals surface area contributed by atoms with Crippen molar-refractivity contribution in [2.45, 2.75) is 105 Å². The van der Waals surface area contributed by atoms with Crippen LogP contribution in [0.5, 0.6) is 0 Å². The summed E-state index contributed by atoms with van der Waals surface area (Å²) in [6.45, 7) is 12.8. The van der Waals surface area contributed by atoms with Crippen LogP contribution in [0.1, 0.15) is 92.6 Å². The van der Waals surface area contributed by atoms with E-state index in [1.807, 2.05) is 0 Å². The first-order valence-electron chi connectivity index (χ1n) is 16.1. The Morgan fingerprint density at radius 3 is 1.92 bits per heavy atom. The second-order valence-corrected chi connectivity index (χ2v) is 13.1. The number of carbonyl (C=O) groups is 7. The highest BCUT2D eigenvalue weighted by Gasteiger charge is 2.48. The molecule has 0 unspecified atom stereocenters. The maximum absolute atomic E-state index is 14.2. The first-order valence-corrected chi connectivity index (χ1v) is 16.1. The van der Waals surface area contributed by atoms with E-state index >= 15 is 0 Å². The van der Waals surface area contributed by atoms with Gasteiger partial charge in [-0.2, -0.15) is 0 Å². The number of ether oxygens (including phenoxy) is 1. The highest BCUT2D eigenvalue weighted by molar-refractivity contribution is 6.00. The van der Waals surface area contributed by atoms with Crippen LogP contribution in [0.15, 0.2) is 24.3 Å². The molecule has 0 bridgehead atoms. The maximum Gasteiger partial charge on any atom is 0.404 e. The molecule has 1 heterocycles. The Hall–Kier alpha value is -4.76. The number of imide groups is 1. The molecule has 0 spiro atoms. The van der Waals surface area contributed by atoms with Gasteiger partial charge in [0.2, 0.25) is 30.0 Å². The average molecular weight is 696 g/mol. The minimum Gasteiger partial charge on any atom is -0.445 e. The Morgan fingerprint density at radius 2 is 1.45 bits per heavy atom. The molecule has 16 heteroatoms. The Kier molecular flexibility index (Phi) is 19.2. The topological polar surface area (TPSA) is 232 Å². The molecule has 0 atom stereocenters. The number of nitrogens with two attached hydrogens (primary N) is 2. The van der Waals surface area contributed by atoms with Gasteiger partial charge in [0.1, 0.15) is 12.3 Å². The number of rotatable bonds is 15. The van der Waals surface area contributed by atoms with Crippen LogP contribution < -0.4 is 32.7 Å². The molecule has 15 nitrogen and oxygen atoms in total. The number of benzene rings is 1. The van der Waals surface area contributed by atoms with Gasteiger partial charge in [-0.15, -0.1) is 0 Å². The van der Waals surface area contributed by atoms with Gasteiger partial charge in [-0.05, 0) is 57.7 Å². The molecule has 1 aromatic carbocycles. The Morgan fingerprint density at radius 1 is 0.939 bits per heavy atom. The normalized spacial score (nSPS) is 13.8. The molecular weight excluding hydrogens is 641 g/mol. The molecule has 8 amide bonds. The Labute approximate surface area is 287 Å². The molecule has 1 aromatic rings. The zero-order chi connectivity index (χ0) is 37.8. The number of unbranched alkanes of at least 4 members (excludes halogenated alkanes) is 1. The summed E-state index contributed by atoms with van der Waals surface area (Å²) in [5.74, 6) is -1.96. The number of likely N-dealkylation sites (tertiary alicyclic amines) is 1. The number of amides is 8. The van der Waals surface area contributed by atoms with E-state index in [1.165, 1.54) is 13.3 Å². The fourth-order valence-electron chi connectivity index (χ4n) is 4.98. The predicted octanol–water partition coefficient (Wildman–Crippen LogP) is 3.01. The fraction of sp³-hybridized carbons (Fsp3) is 0.606. The summed E-state index contributed by atoms with van der Waals surface area (Å²) in [6.07, 6.45) is 1.69. The van der Waals surface area contributed by atoms with Gasteiger partial charge in [0.15, 0.2) is 0 Å². The second kappa shape index (κ2) is 21.3. The van der Waals surface area contributed by atoms with Crippen molar-refractivity contribution in [2.75, 3.05) is 25.0 Å². The van der Waals surface area contributed by atoms with Gasteiger partial charge in [0.05, 0.1) is 19.4 Å². The first-order chi connectivity index (χ1) is 22.7. The maximum atomic E-state index is 14.2. The minimum absolute atomic E-state index is 0.136. The van der Waals surface area contributed by atoms with E-state index in [0.717, 1.165) is 10.5 Å². The van der Waals surface area contributed by atoms with Crippen LogP contribution in [-0.2, 0) is 35.3 Å². The minimum atomic E-state index is -1.86. The fourth-order valence-corrected chi connectivity index (χ4v) is 4.98. The van der Waals surface area contributed by atoms with E-state index in [2.05, 4.69) is 39.9 Å². The van der Waals surface area contributed by atoms with Gasteiger partial charge in [-0.25, -0.2) is 14.0 Å². The number of urea groups is 1. The van der Waals surface area contributed by atoms with E-state index < -0.39 is 46.5 Å². The second-order valence-electron chi connectivity index (χ2n) is 13.1. The van der Waals surface area contributed by atoms with Gasteiger partial charge in [-0.3, -0.25) is 28.9 Å². The van der Waals surface area contributed by atoms with Gasteiger partial charge >= 0.3 is 12.1 Å². The van der Waals surface area contributed by atoms with Gasteiger partial charge in [0.25, 0.3) is 0 Å². The summed E-state index contributed by atoms with van der Waals surface area (Å²) >= 11 is 0. The molecule has 2 rings (SSSR count). The van der Waals surface area contributed by atoms with E-state index in [-0.39, 0.29) is 38.3 Å². The molecule has 1 saturated heterocycles. The van der Waals surface area contributed by atoms with E-state index in [4.69, 9.17) is 11.5 Å². The summed E-state index contributed by atoms with van der Waals surface area (Å²) < 4.78 is 18.7. The van der Waals surface area contributed by atoms with Crippen LogP contribution in [0.4, 0.5) is 19.7 Å². The van der Waals surface area contributed by atoms with Gasteiger partial charge in [0, 0.05) is 29.7 Å². The highest BCUT2D eigenvalue weighted by atomic mass is 19.1. The lowest BCUT2D eigenvalue weighted by molar-refractivity contribution is -0.162. The van der Waals surface area contributed by atoms with E-state index in [9.17, 15) is 38.0 Å². The largest absolute Gasteiger partial charge is 0.445 e. The van der Waals surface area contributed by atoms with Crippen molar-refractivity contribution in [3.05, 3.63) is 29.8 Å². The lowest BCUT2D eigenvalue weighted by Gasteiger charge is -2.44. The Balaban J connectivity index is 0.00000112. The number of alkyl halides is 1. The average Bonchev–Trinajstić information content (AvgIpc) is 2.96. The zero-order valence-corrected chi connectivity index (χ0v) is 29.7. The number of halogens is 1. The van der Waals surface area contributed by atoms with Crippen LogP contribution >= 0.6 is 0 Å².